The fourth-order valence-corrected chi connectivity index (χ4v) is 3.32. The number of benzene rings is 2. The molecular formula is C22H25NO5. The standard InChI is InChI=1S/C22H25NO5/c1-26-19-10-6-16(7-11-19)21(24)23-14-4-3-5-18(23)15-28-22(25)17-8-12-20(27-2)13-9-17/h6-13,18H,3-5,14-15H2,1-2H3. The second-order valence-electron chi connectivity index (χ2n) is 6.70. The second kappa shape index (κ2) is 9.26. The number of hydrogen-bond acceptors (Lipinski definition) is 5. The first-order valence-electron chi connectivity index (χ1n) is 9.38. The van der Waals surface area contributed by atoms with Gasteiger partial charge in [-0.2, -0.15) is 0 Å². The van der Waals surface area contributed by atoms with E-state index in [0.29, 0.717) is 29.2 Å². The van der Waals surface area contributed by atoms with E-state index >= 15 is 0 Å². The highest BCUT2D eigenvalue weighted by molar-refractivity contribution is 5.94. The summed E-state index contributed by atoms with van der Waals surface area (Å²) < 4.78 is 15.7. The van der Waals surface area contributed by atoms with Crippen molar-refractivity contribution >= 4 is 11.9 Å². The lowest BCUT2D eigenvalue weighted by atomic mass is 10.0. The highest BCUT2D eigenvalue weighted by atomic mass is 16.5. The smallest absolute Gasteiger partial charge is 0.338 e. The van der Waals surface area contributed by atoms with Crippen molar-refractivity contribution in [3.8, 4) is 11.5 Å². The molecule has 2 aromatic carbocycles. The fourth-order valence-electron chi connectivity index (χ4n) is 3.32. The van der Waals surface area contributed by atoms with E-state index in [1.165, 1.54) is 0 Å². The number of carbonyl (C=O) groups excluding carboxylic acids is 2. The molecule has 1 saturated heterocycles. The number of piperidine rings is 1. The first-order valence-corrected chi connectivity index (χ1v) is 9.38. The molecule has 0 bridgehead atoms. The number of rotatable bonds is 6. The van der Waals surface area contributed by atoms with Gasteiger partial charge in [0.25, 0.3) is 5.91 Å². The Balaban J connectivity index is 1.63. The van der Waals surface area contributed by atoms with Crippen LogP contribution in [0, 0.1) is 0 Å². The predicted molar refractivity (Wildman–Crippen MR) is 105 cm³/mol. The minimum atomic E-state index is -0.398. The minimum Gasteiger partial charge on any atom is -0.497 e. The molecular weight excluding hydrogens is 358 g/mol. The highest BCUT2D eigenvalue weighted by Crippen LogP contribution is 2.22. The summed E-state index contributed by atoms with van der Waals surface area (Å²) in [7, 11) is 3.17. The van der Waals surface area contributed by atoms with Crippen LogP contribution in [0.15, 0.2) is 48.5 Å². The molecule has 1 aliphatic heterocycles. The first kappa shape index (κ1) is 19.7. The molecule has 28 heavy (non-hydrogen) atoms. The van der Waals surface area contributed by atoms with E-state index in [2.05, 4.69) is 0 Å². The van der Waals surface area contributed by atoms with E-state index in [1.54, 1.807) is 62.8 Å². The summed E-state index contributed by atoms with van der Waals surface area (Å²) >= 11 is 0. The van der Waals surface area contributed by atoms with E-state index in [0.717, 1.165) is 19.3 Å². The Kier molecular flexibility index (Phi) is 6.53. The first-order chi connectivity index (χ1) is 13.6. The average molecular weight is 383 g/mol. The van der Waals surface area contributed by atoms with Gasteiger partial charge in [-0.3, -0.25) is 4.79 Å². The molecule has 0 spiro atoms. The Bertz CT molecular complexity index is 801. The van der Waals surface area contributed by atoms with Crippen molar-refractivity contribution in [1.29, 1.82) is 0 Å². The van der Waals surface area contributed by atoms with Crippen molar-refractivity contribution in [3.63, 3.8) is 0 Å². The zero-order chi connectivity index (χ0) is 19.9. The van der Waals surface area contributed by atoms with Crippen LogP contribution in [0.5, 0.6) is 11.5 Å². The number of esters is 1. The molecule has 148 valence electrons. The predicted octanol–water partition coefficient (Wildman–Crippen LogP) is 3.56. The van der Waals surface area contributed by atoms with Crippen LogP contribution in [-0.2, 0) is 4.74 Å². The summed E-state index contributed by atoms with van der Waals surface area (Å²) in [6.45, 7) is 0.850. The van der Waals surface area contributed by atoms with E-state index in [-0.39, 0.29) is 18.6 Å². The third-order valence-corrected chi connectivity index (χ3v) is 4.96. The normalized spacial score (nSPS) is 16.4. The number of ether oxygens (including phenoxy) is 3. The lowest BCUT2D eigenvalue weighted by Crippen LogP contribution is -2.46. The molecule has 1 heterocycles. The summed E-state index contributed by atoms with van der Waals surface area (Å²) in [5.74, 6) is 0.943. The molecule has 0 radical (unpaired) electrons. The number of nitrogens with zero attached hydrogens (tertiary/aromatic N) is 1. The molecule has 3 rings (SSSR count). The number of hydrogen-bond donors (Lipinski definition) is 0. The molecule has 1 atom stereocenters. The van der Waals surface area contributed by atoms with Gasteiger partial charge in [-0.1, -0.05) is 0 Å². The highest BCUT2D eigenvalue weighted by Gasteiger charge is 2.28. The molecule has 2 aromatic rings. The molecule has 0 saturated carbocycles. The lowest BCUT2D eigenvalue weighted by Gasteiger charge is -2.35. The van der Waals surface area contributed by atoms with Crippen LogP contribution in [0.1, 0.15) is 40.0 Å². The SMILES string of the molecule is COc1ccc(C(=O)OCC2CCCCN2C(=O)c2ccc(OC)cc2)cc1. The molecule has 1 aliphatic rings. The second-order valence-corrected chi connectivity index (χ2v) is 6.70. The van der Waals surface area contributed by atoms with E-state index in [9.17, 15) is 9.59 Å². The van der Waals surface area contributed by atoms with Gasteiger partial charge in [-0.15, -0.1) is 0 Å². The summed E-state index contributed by atoms with van der Waals surface area (Å²) in [4.78, 5) is 27.1. The quantitative estimate of drug-likeness (QED) is 0.714. The average Bonchev–Trinajstić information content (AvgIpc) is 2.77. The van der Waals surface area contributed by atoms with Crippen LogP contribution in [0.2, 0.25) is 0 Å². The van der Waals surface area contributed by atoms with Gasteiger partial charge in [-0.05, 0) is 67.8 Å². The van der Waals surface area contributed by atoms with Crippen LogP contribution >= 0.6 is 0 Å². The van der Waals surface area contributed by atoms with E-state index < -0.39 is 5.97 Å². The number of carbonyl (C=O) groups is 2. The molecule has 1 unspecified atom stereocenters. The molecule has 0 aliphatic carbocycles. The number of likely N-dealkylation sites (tertiary alicyclic amines) is 1. The molecule has 1 fully saturated rings. The third-order valence-electron chi connectivity index (χ3n) is 4.96. The minimum absolute atomic E-state index is 0.0483. The molecule has 6 nitrogen and oxygen atoms in total. The summed E-state index contributed by atoms with van der Waals surface area (Å²) in [5.41, 5.74) is 1.07. The van der Waals surface area contributed by atoms with Crippen LogP contribution in [-0.4, -0.2) is 50.2 Å². The number of methoxy groups -OCH3 is 2. The van der Waals surface area contributed by atoms with Gasteiger partial charge >= 0.3 is 5.97 Å². The van der Waals surface area contributed by atoms with E-state index in [1.807, 2.05) is 4.90 Å². The number of amides is 1. The zero-order valence-corrected chi connectivity index (χ0v) is 16.2. The van der Waals surface area contributed by atoms with Gasteiger partial charge in [0, 0.05) is 12.1 Å². The monoisotopic (exact) mass is 383 g/mol. The zero-order valence-electron chi connectivity index (χ0n) is 16.2. The summed E-state index contributed by atoms with van der Waals surface area (Å²) in [5, 5.41) is 0. The Morgan fingerprint density at radius 2 is 1.46 bits per heavy atom. The van der Waals surface area contributed by atoms with Crippen molar-refractivity contribution in [2.75, 3.05) is 27.4 Å². The maximum atomic E-state index is 12.9. The van der Waals surface area contributed by atoms with Crippen molar-refractivity contribution in [2.24, 2.45) is 0 Å². The van der Waals surface area contributed by atoms with Crippen LogP contribution in [0.4, 0.5) is 0 Å². The molecule has 0 N–H and O–H groups in total. The Labute approximate surface area is 165 Å². The Morgan fingerprint density at radius 3 is 2.04 bits per heavy atom. The maximum absolute atomic E-state index is 12.9. The molecule has 6 heteroatoms. The van der Waals surface area contributed by atoms with Crippen LogP contribution < -0.4 is 9.47 Å². The van der Waals surface area contributed by atoms with Crippen LogP contribution in [0.3, 0.4) is 0 Å². The van der Waals surface area contributed by atoms with Crippen LogP contribution in [0.25, 0.3) is 0 Å². The maximum Gasteiger partial charge on any atom is 0.338 e. The van der Waals surface area contributed by atoms with Crippen molar-refractivity contribution < 1.29 is 23.8 Å². The largest absolute Gasteiger partial charge is 0.497 e. The fraction of sp³-hybridized carbons (Fsp3) is 0.364. The van der Waals surface area contributed by atoms with Gasteiger partial charge in [0.1, 0.15) is 18.1 Å². The van der Waals surface area contributed by atoms with Crippen molar-refractivity contribution in [2.45, 2.75) is 25.3 Å². The van der Waals surface area contributed by atoms with Crippen molar-refractivity contribution in [3.05, 3.63) is 59.7 Å². The topological polar surface area (TPSA) is 65.1 Å². The third kappa shape index (κ3) is 4.63. The van der Waals surface area contributed by atoms with Gasteiger partial charge in [0.2, 0.25) is 0 Å². The van der Waals surface area contributed by atoms with Crippen molar-refractivity contribution in [1.82, 2.24) is 4.90 Å². The molecule has 0 aromatic heterocycles. The van der Waals surface area contributed by atoms with Gasteiger partial charge in [0.15, 0.2) is 0 Å². The van der Waals surface area contributed by atoms with E-state index in [4.69, 9.17) is 14.2 Å². The van der Waals surface area contributed by atoms with Gasteiger partial charge in [0.05, 0.1) is 25.8 Å². The Morgan fingerprint density at radius 1 is 0.893 bits per heavy atom. The molecule has 1 amide bonds. The summed E-state index contributed by atoms with van der Waals surface area (Å²) in [6, 6.07) is 13.7. The Hall–Kier alpha value is -3.02. The summed E-state index contributed by atoms with van der Waals surface area (Å²) in [6.07, 6.45) is 2.78. The lowest BCUT2D eigenvalue weighted by molar-refractivity contribution is 0.0251. The van der Waals surface area contributed by atoms with Gasteiger partial charge in [-0.25, -0.2) is 4.79 Å². The van der Waals surface area contributed by atoms with Gasteiger partial charge < -0.3 is 19.1 Å².